The molecule has 0 spiro atoms. The molecular formula is C43H68N2O14. The van der Waals surface area contributed by atoms with Crippen LogP contribution in [0.25, 0.3) is 6.08 Å². The summed E-state index contributed by atoms with van der Waals surface area (Å²) in [6, 6.07) is 3.20. The fraction of sp³-hybridized carbons (Fsp3) is 0.698. The second kappa shape index (κ2) is 22.7. The van der Waals surface area contributed by atoms with Crippen LogP contribution in [-0.4, -0.2) is 143 Å². The van der Waals surface area contributed by atoms with E-state index in [9.17, 15) is 19.5 Å². The first-order chi connectivity index (χ1) is 27.6. The van der Waals surface area contributed by atoms with Gasteiger partial charge in [0.2, 0.25) is 0 Å². The summed E-state index contributed by atoms with van der Waals surface area (Å²) in [4.78, 5) is 44.5. The standard InChI is InChI=1S/C43H68N2O14/c1-29-16-17-33(46)37-34(56-43(9,10)57-37)15-13-14-31-26-32(27-35(54-28-51-12)36(31)38(47)55-30(29)2)45(40(49)59-42(6,7)8)19-18-44(39(48)58-41(3,4)5)20-21-52-24-25-53-23-22-50-11/h13-14,16-17,26-27,29-30,33-34,37,46H,15,18-25,28H2,1-12H3/b14-13+,17-16-/t29-,30+,33-,34+,37-/m1/s1. The van der Waals surface area contributed by atoms with Crippen LogP contribution in [0.2, 0.25) is 0 Å². The van der Waals surface area contributed by atoms with E-state index < -0.39 is 59.6 Å². The summed E-state index contributed by atoms with van der Waals surface area (Å²) in [5.74, 6) is -1.81. The Morgan fingerprint density at radius 1 is 0.847 bits per heavy atom. The first-order valence-corrected chi connectivity index (χ1v) is 20.2. The van der Waals surface area contributed by atoms with Crippen molar-refractivity contribution in [1.82, 2.24) is 4.90 Å². The van der Waals surface area contributed by atoms with Gasteiger partial charge in [0.25, 0.3) is 0 Å². The van der Waals surface area contributed by atoms with Gasteiger partial charge >= 0.3 is 18.2 Å². The average molecular weight is 837 g/mol. The molecule has 0 aromatic heterocycles. The predicted octanol–water partition coefficient (Wildman–Crippen LogP) is 6.36. The molecule has 0 bridgehead atoms. The van der Waals surface area contributed by atoms with Crippen LogP contribution < -0.4 is 9.64 Å². The van der Waals surface area contributed by atoms with Gasteiger partial charge in [-0.05, 0) is 80.4 Å². The number of cyclic esters (lactones) is 1. The van der Waals surface area contributed by atoms with Crippen LogP contribution in [0.1, 0.15) is 91.6 Å². The zero-order chi connectivity index (χ0) is 44.0. The molecular weight excluding hydrogens is 768 g/mol. The minimum atomic E-state index is -0.981. The number of amides is 2. The van der Waals surface area contributed by atoms with Gasteiger partial charge in [0.05, 0.1) is 44.8 Å². The number of anilines is 1. The van der Waals surface area contributed by atoms with E-state index in [-0.39, 0.29) is 50.3 Å². The summed E-state index contributed by atoms with van der Waals surface area (Å²) in [6.07, 6.45) is 3.16. The van der Waals surface area contributed by atoms with Gasteiger partial charge in [-0.15, -0.1) is 0 Å². The monoisotopic (exact) mass is 836 g/mol. The highest BCUT2D eigenvalue weighted by molar-refractivity contribution is 5.99. The van der Waals surface area contributed by atoms with E-state index in [1.54, 1.807) is 106 Å². The Hall–Kier alpha value is -3.77. The summed E-state index contributed by atoms with van der Waals surface area (Å²) < 4.78 is 57.4. The third kappa shape index (κ3) is 16.7. The van der Waals surface area contributed by atoms with Crippen LogP contribution in [0.5, 0.6) is 5.75 Å². The molecule has 2 aliphatic heterocycles. The summed E-state index contributed by atoms with van der Waals surface area (Å²) in [5.41, 5.74) is -0.907. The number of aliphatic hydroxyl groups excluding tert-OH is 1. The highest BCUT2D eigenvalue weighted by Gasteiger charge is 2.43. The zero-order valence-electron chi connectivity index (χ0n) is 37.1. The zero-order valence-corrected chi connectivity index (χ0v) is 37.1. The largest absolute Gasteiger partial charge is 0.467 e. The summed E-state index contributed by atoms with van der Waals surface area (Å²) >= 11 is 0. The topological polar surface area (TPSA) is 170 Å². The maximum absolute atomic E-state index is 14.1. The van der Waals surface area contributed by atoms with Crippen LogP contribution in [0.4, 0.5) is 15.3 Å². The lowest BCUT2D eigenvalue weighted by atomic mass is 9.98. The normalized spacial score (nSPS) is 23.2. The number of hydrogen-bond donors (Lipinski definition) is 1. The van der Waals surface area contributed by atoms with Crippen molar-refractivity contribution in [3.63, 3.8) is 0 Å². The highest BCUT2D eigenvalue weighted by atomic mass is 16.8. The van der Waals surface area contributed by atoms with E-state index in [1.807, 2.05) is 6.92 Å². The lowest BCUT2D eigenvalue weighted by molar-refractivity contribution is -0.152. The lowest BCUT2D eigenvalue weighted by Crippen LogP contribution is -2.45. The van der Waals surface area contributed by atoms with E-state index in [0.717, 1.165) is 0 Å². The average Bonchev–Trinajstić information content (AvgIpc) is 3.44. The van der Waals surface area contributed by atoms with E-state index in [2.05, 4.69) is 0 Å². The van der Waals surface area contributed by atoms with Crippen LogP contribution in [0.15, 0.2) is 30.4 Å². The molecule has 16 heteroatoms. The Morgan fingerprint density at radius 3 is 2.14 bits per heavy atom. The summed E-state index contributed by atoms with van der Waals surface area (Å²) in [7, 11) is 3.04. The van der Waals surface area contributed by atoms with Crippen LogP contribution in [0, 0.1) is 5.92 Å². The van der Waals surface area contributed by atoms with Gasteiger partial charge in [-0.1, -0.05) is 31.2 Å². The molecule has 0 radical (unpaired) electrons. The number of methoxy groups -OCH3 is 2. The van der Waals surface area contributed by atoms with E-state index in [4.69, 9.17) is 47.4 Å². The maximum Gasteiger partial charge on any atom is 0.414 e. The molecule has 1 saturated heterocycles. The van der Waals surface area contributed by atoms with Crippen molar-refractivity contribution >= 4 is 29.9 Å². The lowest BCUT2D eigenvalue weighted by Gasteiger charge is -2.32. The minimum absolute atomic E-state index is 0.0204. The summed E-state index contributed by atoms with van der Waals surface area (Å²) in [6.45, 7) is 19.4. The first kappa shape index (κ1) is 49.6. The second-order valence-corrected chi connectivity index (χ2v) is 16.9. The molecule has 1 fully saturated rings. The van der Waals surface area contributed by atoms with Gasteiger partial charge < -0.3 is 57.4 Å². The van der Waals surface area contributed by atoms with Gasteiger partial charge in [-0.2, -0.15) is 0 Å². The van der Waals surface area contributed by atoms with Crippen LogP contribution in [0.3, 0.4) is 0 Å². The van der Waals surface area contributed by atoms with E-state index in [1.165, 1.54) is 16.9 Å². The number of rotatable bonds is 16. The molecule has 0 unspecified atom stereocenters. The molecule has 334 valence electrons. The minimum Gasteiger partial charge on any atom is -0.467 e. The molecule has 1 N–H and O–H groups in total. The van der Waals surface area contributed by atoms with Gasteiger partial charge in [0.1, 0.15) is 40.8 Å². The quantitative estimate of drug-likeness (QED) is 0.0641. The Balaban J connectivity index is 2.09. The van der Waals surface area contributed by atoms with E-state index in [0.29, 0.717) is 44.1 Å². The Labute approximate surface area is 349 Å². The van der Waals surface area contributed by atoms with Crippen LogP contribution >= 0.6 is 0 Å². The number of aliphatic hydroxyl groups is 1. The van der Waals surface area contributed by atoms with Crippen molar-refractivity contribution in [2.75, 3.05) is 78.6 Å². The molecule has 0 aliphatic carbocycles. The number of nitrogens with zero attached hydrogens (tertiary/aromatic N) is 2. The number of fused-ring (bicyclic) bond motifs is 2. The number of carbonyl (C=O) groups is 3. The van der Waals surface area contributed by atoms with Crippen LogP contribution in [-0.2, 0) is 42.6 Å². The molecule has 0 saturated carbocycles. The smallest absolute Gasteiger partial charge is 0.414 e. The molecule has 2 heterocycles. The molecule has 2 amide bonds. The molecule has 3 rings (SSSR count). The van der Waals surface area contributed by atoms with Gasteiger partial charge in [-0.3, -0.25) is 4.90 Å². The van der Waals surface area contributed by atoms with Gasteiger partial charge in [0, 0.05) is 45.8 Å². The SMILES string of the molecule is COCCOCCOCCN(CCN(C(=O)OC(C)(C)C)c1cc2c(c(OCOC)c1)C(=O)O[C@@H](C)[C@H](C)/C=C\[C@@H](O)[C@H]1OC(C)(C)O[C@H]1C/C=C/2)C(=O)OC(C)(C)C. The number of benzene rings is 1. The molecule has 1 aromatic rings. The van der Waals surface area contributed by atoms with Gasteiger partial charge in [0.15, 0.2) is 12.6 Å². The third-order valence-electron chi connectivity index (χ3n) is 9.00. The summed E-state index contributed by atoms with van der Waals surface area (Å²) in [5, 5.41) is 11.1. The maximum atomic E-state index is 14.1. The number of hydrogen-bond acceptors (Lipinski definition) is 14. The van der Waals surface area contributed by atoms with Crippen molar-refractivity contribution in [3.05, 3.63) is 41.5 Å². The van der Waals surface area contributed by atoms with Crippen molar-refractivity contribution in [1.29, 1.82) is 0 Å². The number of esters is 1. The second-order valence-electron chi connectivity index (χ2n) is 16.9. The Kier molecular flexibility index (Phi) is 19.1. The van der Waals surface area contributed by atoms with Crippen molar-refractivity contribution in [3.8, 4) is 5.75 Å². The van der Waals surface area contributed by atoms with Crippen molar-refractivity contribution in [2.45, 2.75) is 117 Å². The number of ether oxygens (including phenoxy) is 10. The highest BCUT2D eigenvalue weighted by Crippen LogP contribution is 2.36. The van der Waals surface area contributed by atoms with Crippen molar-refractivity contribution < 1.29 is 66.9 Å². The fourth-order valence-corrected chi connectivity index (χ4v) is 6.04. The van der Waals surface area contributed by atoms with Gasteiger partial charge in [-0.25, -0.2) is 14.4 Å². The van der Waals surface area contributed by atoms with E-state index >= 15 is 0 Å². The molecule has 59 heavy (non-hydrogen) atoms. The molecule has 2 aliphatic rings. The Bertz CT molecular complexity index is 1570. The Morgan fingerprint density at radius 2 is 1.49 bits per heavy atom. The number of carbonyl (C=O) groups excluding carboxylic acids is 3. The fourth-order valence-electron chi connectivity index (χ4n) is 6.04. The predicted molar refractivity (Wildman–Crippen MR) is 221 cm³/mol. The van der Waals surface area contributed by atoms with Crippen molar-refractivity contribution in [2.24, 2.45) is 5.92 Å². The molecule has 16 nitrogen and oxygen atoms in total. The molecule has 5 atom stereocenters. The molecule has 1 aromatic carbocycles. The third-order valence-corrected chi connectivity index (χ3v) is 9.00. The first-order valence-electron chi connectivity index (χ1n) is 20.2.